The summed E-state index contributed by atoms with van der Waals surface area (Å²) in [6.07, 6.45) is -0.209. The van der Waals surface area contributed by atoms with Crippen LogP contribution in [0.4, 0.5) is 17.1 Å². The van der Waals surface area contributed by atoms with Crippen LogP contribution >= 0.6 is 0 Å². The normalized spacial score (nSPS) is 15.7. The molecule has 2 aromatic carbocycles. The van der Waals surface area contributed by atoms with Gasteiger partial charge in [0.15, 0.2) is 5.75 Å². The van der Waals surface area contributed by atoms with Crippen LogP contribution in [0.25, 0.3) is 0 Å². The van der Waals surface area contributed by atoms with Crippen LogP contribution in [-0.4, -0.2) is 22.8 Å². The third-order valence-corrected chi connectivity index (χ3v) is 3.48. The van der Waals surface area contributed by atoms with Crippen molar-refractivity contribution in [3.63, 3.8) is 0 Å². The molecule has 1 aliphatic rings. The number of fused-ring (bicyclic) bond motifs is 1. The van der Waals surface area contributed by atoms with E-state index in [0.29, 0.717) is 11.4 Å². The number of benzene rings is 2. The van der Waals surface area contributed by atoms with Gasteiger partial charge in [-0.3, -0.25) is 14.9 Å². The van der Waals surface area contributed by atoms with Crippen molar-refractivity contribution in [2.24, 2.45) is 0 Å². The molecule has 0 fully saturated rings. The van der Waals surface area contributed by atoms with Crippen LogP contribution in [0, 0.1) is 10.1 Å². The fourth-order valence-electron chi connectivity index (χ4n) is 2.36. The maximum atomic E-state index is 12.1. The van der Waals surface area contributed by atoms with Crippen LogP contribution in [0.2, 0.25) is 0 Å². The number of ether oxygens (including phenoxy) is 1. The number of hydrogen-bond acceptors (Lipinski definition) is 6. The highest BCUT2D eigenvalue weighted by Gasteiger charge is 2.30. The minimum Gasteiger partial charge on any atom is -0.423 e. The first kappa shape index (κ1) is 15.5. The Hall–Kier alpha value is -3.42. The van der Waals surface area contributed by atoms with Gasteiger partial charge in [-0.1, -0.05) is 24.3 Å². The summed E-state index contributed by atoms with van der Waals surface area (Å²) in [6.45, 7) is 0. The molecule has 0 saturated carbocycles. The zero-order valence-corrected chi connectivity index (χ0v) is 12.4. The summed E-state index contributed by atoms with van der Waals surface area (Å²) in [4.78, 5) is 34.4. The number of para-hydroxylation sites is 4. The number of esters is 1. The molecule has 3 rings (SSSR count). The van der Waals surface area contributed by atoms with Crippen LogP contribution in [0.1, 0.15) is 6.42 Å². The predicted molar refractivity (Wildman–Crippen MR) is 85.8 cm³/mol. The second-order valence-corrected chi connectivity index (χ2v) is 5.14. The van der Waals surface area contributed by atoms with Crippen molar-refractivity contribution in [3.05, 3.63) is 58.6 Å². The van der Waals surface area contributed by atoms with Crippen molar-refractivity contribution in [2.45, 2.75) is 12.5 Å². The smallest absolute Gasteiger partial charge is 0.334 e. The molecular weight excluding hydrogens is 314 g/mol. The highest BCUT2D eigenvalue weighted by atomic mass is 16.6. The standard InChI is InChI=1S/C16H13N3O5/c20-15(18-10-5-1-3-7-13(10)19(22)23)9-12-16(21)24-14-8-4-2-6-11(14)17-12/h1-8,12,17H,9H2,(H,18,20)/t12-/m0/s1. The van der Waals surface area contributed by atoms with Crippen molar-refractivity contribution in [3.8, 4) is 5.75 Å². The predicted octanol–water partition coefficient (Wildman–Crippen LogP) is 2.32. The molecular formula is C16H13N3O5. The van der Waals surface area contributed by atoms with E-state index in [1.54, 1.807) is 30.3 Å². The molecule has 0 spiro atoms. The molecule has 1 aliphatic heterocycles. The lowest BCUT2D eigenvalue weighted by molar-refractivity contribution is -0.383. The highest BCUT2D eigenvalue weighted by molar-refractivity contribution is 5.98. The van der Waals surface area contributed by atoms with Crippen molar-refractivity contribution in [1.82, 2.24) is 0 Å². The quantitative estimate of drug-likeness (QED) is 0.386. The number of nitrogens with zero attached hydrogens (tertiary/aromatic N) is 1. The van der Waals surface area contributed by atoms with Gasteiger partial charge < -0.3 is 15.4 Å². The van der Waals surface area contributed by atoms with E-state index in [4.69, 9.17) is 4.74 Å². The van der Waals surface area contributed by atoms with Gasteiger partial charge >= 0.3 is 5.97 Å². The van der Waals surface area contributed by atoms with Gasteiger partial charge in [0.25, 0.3) is 5.69 Å². The van der Waals surface area contributed by atoms with Gasteiger partial charge in [0.1, 0.15) is 11.7 Å². The van der Waals surface area contributed by atoms with Gasteiger partial charge in [-0.15, -0.1) is 0 Å². The first-order chi connectivity index (χ1) is 11.5. The van der Waals surface area contributed by atoms with Crippen LogP contribution in [0.5, 0.6) is 5.75 Å². The van der Waals surface area contributed by atoms with Gasteiger partial charge in [-0.05, 0) is 18.2 Å². The molecule has 24 heavy (non-hydrogen) atoms. The summed E-state index contributed by atoms with van der Waals surface area (Å²) in [5.74, 6) is -0.706. The zero-order valence-electron chi connectivity index (χ0n) is 12.4. The lowest BCUT2D eigenvalue weighted by atomic mass is 10.1. The van der Waals surface area contributed by atoms with Crippen LogP contribution < -0.4 is 15.4 Å². The monoisotopic (exact) mass is 327 g/mol. The summed E-state index contributed by atoms with van der Waals surface area (Å²) in [7, 11) is 0. The summed E-state index contributed by atoms with van der Waals surface area (Å²) in [5, 5.41) is 16.3. The van der Waals surface area contributed by atoms with Crippen LogP contribution in [0.15, 0.2) is 48.5 Å². The molecule has 1 atom stereocenters. The molecule has 0 radical (unpaired) electrons. The second-order valence-electron chi connectivity index (χ2n) is 5.14. The van der Waals surface area contributed by atoms with Gasteiger partial charge in [0.2, 0.25) is 5.91 Å². The fraction of sp³-hybridized carbons (Fsp3) is 0.125. The number of nitro benzene ring substituents is 1. The maximum absolute atomic E-state index is 12.1. The fourth-order valence-corrected chi connectivity index (χ4v) is 2.36. The Morgan fingerprint density at radius 1 is 1.21 bits per heavy atom. The molecule has 2 aromatic rings. The number of nitro groups is 1. The Balaban J connectivity index is 1.70. The zero-order chi connectivity index (χ0) is 17.1. The van der Waals surface area contributed by atoms with E-state index in [0.717, 1.165) is 0 Å². The van der Waals surface area contributed by atoms with Crippen molar-refractivity contribution >= 4 is 28.9 Å². The molecule has 1 amide bonds. The lowest BCUT2D eigenvalue weighted by Gasteiger charge is -2.24. The van der Waals surface area contributed by atoms with E-state index in [1.807, 2.05) is 0 Å². The van der Waals surface area contributed by atoms with Crippen LogP contribution in [-0.2, 0) is 9.59 Å². The SMILES string of the molecule is O=C(C[C@@H]1Nc2ccccc2OC1=O)Nc1ccccc1[N+](=O)[O-]. The Kier molecular flexibility index (Phi) is 4.11. The number of carbonyl (C=O) groups excluding carboxylic acids is 2. The van der Waals surface area contributed by atoms with Crippen molar-refractivity contribution in [1.29, 1.82) is 0 Å². The molecule has 0 bridgehead atoms. The minimum atomic E-state index is -0.859. The summed E-state index contributed by atoms with van der Waals surface area (Å²) in [5.41, 5.74) is 0.480. The van der Waals surface area contributed by atoms with Crippen LogP contribution in [0.3, 0.4) is 0 Å². The van der Waals surface area contributed by atoms with E-state index in [9.17, 15) is 19.7 Å². The lowest BCUT2D eigenvalue weighted by Crippen LogP contribution is -2.39. The molecule has 8 heteroatoms. The van der Waals surface area contributed by atoms with Crippen molar-refractivity contribution < 1.29 is 19.2 Å². The van der Waals surface area contributed by atoms with E-state index in [2.05, 4.69) is 10.6 Å². The summed E-state index contributed by atoms with van der Waals surface area (Å²) < 4.78 is 5.17. The summed E-state index contributed by atoms with van der Waals surface area (Å²) >= 11 is 0. The Morgan fingerprint density at radius 2 is 1.92 bits per heavy atom. The number of hydrogen-bond donors (Lipinski definition) is 2. The number of nitrogens with one attached hydrogen (secondary N) is 2. The first-order valence-corrected chi connectivity index (χ1v) is 7.15. The molecule has 0 aromatic heterocycles. The number of anilines is 2. The van der Waals surface area contributed by atoms with E-state index in [1.165, 1.54) is 18.2 Å². The molecule has 8 nitrogen and oxygen atoms in total. The van der Waals surface area contributed by atoms with E-state index in [-0.39, 0.29) is 17.8 Å². The van der Waals surface area contributed by atoms with Gasteiger partial charge in [-0.2, -0.15) is 0 Å². The van der Waals surface area contributed by atoms with E-state index >= 15 is 0 Å². The maximum Gasteiger partial charge on any atom is 0.334 e. The topological polar surface area (TPSA) is 111 Å². The average molecular weight is 327 g/mol. The number of rotatable bonds is 4. The molecule has 0 aliphatic carbocycles. The highest BCUT2D eigenvalue weighted by Crippen LogP contribution is 2.30. The third-order valence-electron chi connectivity index (χ3n) is 3.48. The Labute approximate surface area is 136 Å². The minimum absolute atomic E-state index is 0.0806. The molecule has 0 unspecified atom stereocenters. The molecule has 1 heterocycles. The van der Waals surface area contributed by atoms with Crippen molar-refractivity contribution in [2.75, 3.05) is 10.6 Å². The van der Waals surface area contributed by atoms with Gasteiger partial charge in [-0.25, -0.2) is 4.79 Å². The number of carbonyl (C=O) groups is 2. The molecule has 0 saturated heterocycles. The average Bonchev–Trinajstić information content (AvgIpc) is 2.55. The second kappa shape index (κ2) is 6.37. The first-order valence-electron chi connectivity index (χ1n) is 7.15. The summed E-state index contributed by atoms with van der Waals surface area (Å²) in [6, 6.07) is 11.8. The largest absolute Gasteiger partial charge is 0.423 e. The van der Waals surface area contributed by atoms with Gasteiger partial charge in [0, 0.05) is 6.07 Å². The molecule has 2 N–H and O–H groups in total. The number of amides is 1. The Bertz CT molecular complexity index is 821. The molecule has 122 valence electrons. The van der Waals surface area contributed by atoms with E-state index < -0.39 is 22.8 Å². The Morgan fingerprint density at radius 3 is 2.71 bits per heavy atom. The third kappa shape index (κ3) is 3.17. The van der Waals surface area contributed by atoms with Gasteiger partial charge in [0.05, 0.1) is 17.0 Å².